The van der Waals surface area contributed by atoms with Crippen molar-refractivity contribution in [1.29, 1.82) is 0 Å². The van der Waals surface area contributed by atoms with Crippen LogP contribution in [0.2, 0.25) is 0 Å². The highest BCUT2D eigenvalue weighted by atomic mass is 35.5. The highest BCUT2D eigenvalue weighted by Crippen LogP contribution is 2.47. The quantitative estimate of drug-likeness (QED) is 0.776. The summed E-state index contributed by atoms with van der Waals surface area (Å²) in [7, 11) is 0. The molecule has 2 bridgehead atoms. The first-order chi connectivity index (χ1) is 10.1. The van der Waals surface area contributed by atoms with E-state index in [-0.39, 0.29) is 35.1 Å². The predicted octanol–water partition coefficient (Wildman–Crippen LogP) is 1.22. The van der Waals surface area contributed by atoms with Gasteiger partial charge in [0.05, 0.1) is 4.87 Å². The highest BCUT2D eigenvalue weighted by molar-refractivity contribution is 8.01. The molecule has 5 nitrogen and oxygen atoms in total. The van der Waals surface area contributed by atoms with E-state index in [0.717, 1.165) is 31.7 Å². The van der Waals surface area contributed by atoms with E-state index in [1.807, 2.05) is 9.80 Å². The van der Waals surface area contributed by atoms with E-state index in [9.17, 15) is 9.59 Å². The van der Waals surface area contributed by atoms with Crippen LogP contribution in [-0.4, -0.2) is 63.5 Å². The minimum Gasteiger partial charge on any atom is -0.339 e. The minimum absolute atomic E-state index is 0. The van der Waals surface area contributed by atoms with E-state index >= 15 is 0 Å². The maximum Gasteiger partial charge on any atom is 0.246 e. The normalized spacial score (nSPS) is 40.4. The lowest BCUT2D eigenvalue weighted by Crippen LogP contribution is -2.52. The summed E-state index contributed by atoms with van der Waals surface area (Å²) in [5, 5.41) is 3.61. The van der Waals surface area contributed by atoms with Crippen LogP contribution in [0.3, 0.4) is 0 Å². The Labute approximate surface area is 141 Å². The molecule has 4 fully saturated rings. The number of fused-ring (bicyclic) bond motifs is 3. The third kappa shape index (κ3) is 2.53. The van der Waals surface area contributed by atoms with Crippen molar-refractivity contribution in [3.8, 4) is 0 Å². The molecule has 0 aromatic heterocycles. The van der Waals surface area contributed by atoms with Gasteiger partial charge in [-0.05, 0) is 32.6 Å². The molecule has 4 aliphatic rings. The number of amides is 2. The Morgan fingerprint density at radius 2 is 2.09 bits per heavy atom. The van der Waals surface area contributed by atoms with E-state index in [1.165, 1.54) is 12.8 Å². The van der Waals surface area contributed by atoms with Gasteiger partial charge in [0.2, 0.25) is 11.8 Å². The van der Waals surface area contributed by atoms with E-state index in [1.54, 1.807) is 11.8 Å². The zero-order valence-corrected chi connectivity index (χ0v) is 14.5. The van der Waals surface area contributed by atoms with Crippen LogP contribution in [0, 0.1) is 0 Å². The first-order valence-electron chi connectivity index (χ1n) is 8.08. The summed E-state index contributed by atoms with van der Waals surface area (Å²) in [6.07, 6.45) is 4.95. The number of nitrogens with zero attached hydrogens (tertiary/aromatic N) is 2. The molecular weight excluding hydrogens is 322 g/mol. The molecule has 1 N–H and O–H groups in total. The summed E-state index contributed by atoms with van der Waals surface area (Å²) in [4.78, 5) is 28.9. The second-order valence-electron chi connectivity index (χ2n) is 6.98. The fraction of sp³-hybridized carbons (Fsp3) is 0.867. The summed E-state index contributed by atoms with van der Waals surface area (Å²) >= 11 is 1.78. The Kier molecular flexibility index (Phi) is 4.38. The third-order valence-corrected chi connectivity index (χ3v) is 7.07. The van der Waals surface area contributed by atoms with Gasteiger partial charge >= 0.3 is 0 Å². The largest absolute Gasteiger partial charge is 0.339 e. The summed E-state index contributed by atoms with van der Waals surface area (Å²) in [5.74, 6) is 1.10. The van der Waals surface area contributed by atoms with Gasteiger partial charge < -0.3 is 15.1 Å². The lowest BCUT2D eigenvalue weighted by Gasteiger charge is -2.33. The standard InChI is InChI=1S/C15H23N3O2S.ClH/c1-15-6-4-13(19)18(15)12(9-21-15)14(20)17-7-5-10-2-3-11(8-17)16-10;/h10-12,16H,2-9H2,1H3;1H. The van der Waals surface area contributed by atoms with E-state index < -0.39 is 0 Å². The van der Waals surface area contributed by atoms with Gasteiger partial charge in [0.15, 0.2) is 0 Å². The van der Waals surface area contributed by atoms with Gasteiger partial charge in [-0.3, -0.25) is 9.59 Å². The third-order valence-electron chi connectivity index (χ3n) is 5.56. The molecular formula is C15H24ClN3O2S. The van der Waals surface area contributed by atoms with E-state index in [4.69, 9.17) is 0 Å². The summed E-state index contributed by atoms with van der Waals surface area (Å²) in [6, 6.07) is 0.812. The number of carbonyl (C=O) groups excluding carboxylic acids is 2. The van der Waals surface area contributed by atoms with Crippen LogP contribution < -0.4 is 5.32 Å². The monoisotopic (exact) mass is 345 g/mol. The molecule has 4 saturated heterocycles. The van der Waals surface area contributed by atoms with E-state index in [0.29, 0.717) is 18.5 Å². The molecule has 4 rings (SSSR count). The highest BCUT2D eigenvalue weighted by Gasteiger charge is 2.53. The number of rotatable bonds is 1. The van der Waals surface area contributed by atoms with Crippen molar-refractivity contribution in [3.05, 3.63) is 0 Å². The Morgan fingerprint density at radius 3 is 2.91 bits per heavy atom. The van der Waals surface area contributed by atoms with Crippen LogP contribution in [0.25, 0.3) is 0 Å². The van der Waals surface area contributed by atoms with Crippen molar-refractivity contribution < 1.29 is 9.59 Å². The first-order valence-corrected chi connectivity index (χ1v) is 9.06. The lowest BCUT2D eigenvalue weighted by atomic mass is 10.1. The van der Waals surface area contributed by atoms with Crippen LogP contribution in [0.15, 0.2) is 0 Å². The fourth-order valence-corrected chi connectivity index (χ4v) is 5.78. The van der Waals surface area contributed by atoms with Crippen LogP contribution >= 0.6 is 24.2 Å². The van der Waals surface area contributed by atoms with Gasteiger partial charge in [-0.15, -0.1) is 24.2 Å². The van der Waals surface area contributed by atoms with Crippen LogP contribution in [-0.2, 0) is 9.59 Å². The van der Waals surface area contributed by atoms with Gasteiger partial charge in [0.1, 0.15) is 6.04 Å². The number of thioether (sulfide) groups is 1. The molecule has 2 amide bonds. The summed E-state index contributed by atoms with van der Waals surface area (Å²) < 4.78 is 0. The Bertz CT molecular complexity index is 491. The number of nitrogens with one attached hydrogen (secondary N) is 1. The molecule has 4 unspecified atom stereocenters. The molecule has 4 aliphatic heterocycles. The number of carbonyl (C=O) groups is 2. The number of halogens is 1. The molecule has 0 saturated carbocycles. The molecule has 0 aromatic rings. The van der Waals surface area contributed by atoms with Gasteiger partial charge in [-0.25, -0.2) is 0 Å². The molecule has 0 aromatic carbocycles. The molecule has 4 heterocycles. The van der Waals surface area contributed by atoms with Crippen molar-refractivity contribution in [2.24, 2.45) is 0 Å². The van der Waals surface area contributed by atoms with Crippen molar-refractivity contribution >= 4 is 36.0 Å². The van der Waals surface area contributed by atoms with Gasteiger partial charge in [-0.1, -0.05) is 0 Å². The zero-order valence-electron chi connectivity index (χ0n) is 12.9. The Balaban J connectivity index is 0.00000144. The fourth-order valence-electron chi connectivity index (χ4n) is 4.36. The number of hydrogen-bond acceptors (Lipinski definition) is 4. The van der Waals surface area contributed by atoms with Crippen molar-refractivity contribution in [2.45, 2.75) is 62.0 Å². The molecule has 4 atom stereocenters. The van der Waals surface area contributed by atoms with E-state index in [2.05, 4.69) is 12.2 Å². The molecule has 7 heteroatoms. The molecule has 22 heavy (non-hydrogen) atoms. The summed E-state index contributed by atoms with van der Waals surface area (Å²) in [6.45, 7) is 3.77. The van der Waals surface area contributed by atoms with Crippen molar-refractivity contribution in [2.75, 3.05) is 18.8 Å². The maximum absolute atomic E-state index is 13.0. The Morgan fingerprint density at radius 1 is 1.32 bits per heavy atom. The van der Waals surface area contributed by atoms with Crippen LogP contribution in [0.4, 0.5) is 0 Å². The second kappa shape index (κ2) is 5.87. The number of hydrogen-bond donors (Lipinski definition) is 1. The smallest absolute Gasteiger partial charge is 0.246 e. The molecule has 0 radical (unpaired) electrons. The maximum atomic E-state index is 13.0. The topological polar surface area (TPSA) is 52.7 Å². The first kappa shape index (κ1) is 16.4. The van der Waals surface area contributed by atoms with Crippen LogP contribution in [0.5, 0.6) is 0 Å². The molecule has 0 aliphatic carbocycles. The minimum atomic E-state index is -0.230. The molecule has 124 valence electrons. The average molecular weight is 346 g/mol. The number of likely N-dealkylation sites (tertiary alicyclic amines) is 1. The van der Waals surface area contributed by atoms with Gasteiger partial charge in [0, 0.05) is 37.3 Å². The van der Waals surface area contributed by atoms with Crippen LogP contribution in [0.1, 0.15) is 39.0 Å². The zero-order chi connectivity index (χ0) is 14.6. The lowest BCUT2D eigenvalue weighted by molar-refractivity contribution is -0.143. The average Bonchev–Trinajstić information content (AvgIpc) is 3.04. The SMILES string of the molecule is CC12CCC(=O)N1C(C(=O)N1CCC3CCC(C1)N3)CS2.Cl. The van der Waals surface area contributed by atoms with Crippen molar-refractivity contribution in [3.63, 3.8) is 0 Å². The Hall–Kier alpha value is -0.460. The predicted molar refractivity (Wildman–Crippen MR) is 89.1 cm³/mol. The summed E-state index contributed by atoms with van der Waals surface area (Å²) in [5.41, 5.74) is 0. The second-order valence-corrected chi connectivity index (χ2v) is 8.48. The molecule has 0 spiro atoms. The van der Waals surface area contributed by atoms with Crippen molar-refractivity contribution in [1.82, 2.24) is 15.1 Å². The van der Waals surface area contributed by atoms with Gasteiger partial charge in [-0.2, -0.15) is 0 Å². The van der Waals surface area contributed by atoms with Gasteiger partial charge in [0.25, 0.3) is 0 Å².